The first kappa shape index (κ1) is 10.5. The molecule has 0 aliphatic rings. The Morgan fingerprint density at radius 3 is 2.88 bits per heavy atom. The van der Waals surface area contributed by atoms with Crippen molar-refractivity contribution >= 4 is 17.3 Å². The van der Waals surface area contributed by atoms with E-state index >= 15 is 0 Å². The molecule has 0 atom stereocenters. The van der Waals surface area contributed by atoms with Gasteiger partial charge in [-0.05, 0) is 25.1 Å². The first-order valence-corrected chi connectivity index (χ1v) is 4.98. The Labute approximate surface area is 92.8 Å². The van der Waals surface area contributed by atoms with Crippen molar-refractivity contribution in [3.05, 3.63) is 24.0 Å². The summed E-state index contributed by atoms with van der Waals surface area (Å²) in [6.45, 7) is 2.33. The SMILES string of the molecule is CCOc1c(C=O)oc2ccc(OC)cc12. The molecule has 1 aromatic carbocycles. The average Bonchev–Trinajstić information content (AvgIpc) is 2.67. The van der Waals surface area contributed by atoms with Crippen LogP contribution in [0.25, 0.3) is 11.0 Å². The maximum Gasteiger partial charge on any atom is 0.209 e. The van der Waals surface area contributed by atoms with Crippen LogP contribution in [-0.2, 0) is 0 Å². The molecule has 16 heavy (non-hydrogen) atoms. The minimum Gasteiger partial charge on any atom is -0.497 e. The Balaban J connectivity index is 2.65. The Hall–Kier alpha value is -1.97. The van der Waals surface area contributed by atoms with Crippen molar-refractivity contribution in [2.24, 2.45) is 0 Å². The van der Waals surface area contributed by atoms with Crippen LogP contribution in [0.2, 0.25) is 0 Å². The number of aldehydes is 1. The Morgan fingerprint density at radius 2 is 2.25 bits per heavy atom. The van der Waals surface area contributed by atoms with E-state index in [1.165, 1.54) is 0 Å². The average molecular weight is 220 g/mol. The summed E-state index contributed by atoms with van der Waals surface area (Å²) in [5.41, 5.74) is 0.617. The number of benzene rings is 1. The van der Waals surface area contributed by atoms with Crippen LogP contribution in [0.15, 0.2) is 22.6 Å². The van der Waals surface area contributed by atoms with Crippen molar-refractivity contribution < 1.29 is 18.7 Å². The molecule has 4 heteroatoms. The van der Waals surface area contributed by atoms with Gasteiger partial charge in [0.1, 0.15) is 11.3 Å². The molecule has 0 amide bonds. The van der Waals surface area contributed by atoms with Crippen molar-refractivity contribution in [1.82, 2.24) is 0 Å². The fourth-order valence-corrected chi connectivity index (χ4v) is 1.57. The number of methoxy groups -OCH3 is 1. The number of carbonyl (C=O) groups is 1. The van der Waals surface area contributed by atoms with Crippen molar-refractivity contribution in [2.75, 3.05) is 13.7 Å². The largest absolute Gasteiger partial charge is 0.497 e. The van der Waals surface area contributed by atoms with Gasteiger partial charge < -0.3 is 13.9 Å². The van der Waals surface area contributed by atoms with Crippen molar-refractivity contribution in [2.45, 2.75) is 6.92 Å². The van der Waals surface area contributed by atoms with Gasteiger partial charge in [0.25, 0.3) is 0 Å². The van der Waals surface area contributed by atoms with E-state index in [2.05, 4.69) is 0 Å². The molecule has 4 nitrogen and oxygen atoms in total. The highest BCUT2D eigenvalue weighted by atomic mass is 16.5. The molecule has 1 aromatic heterocycles. The molecule has 0 saturated carbocycles. The van der Waals surface area contributed by atoms with E-state index in [-0.39, 0.29) is 5.76 Å². The molecule has 84 valence electrons. The predicted octanol–water partition coefficient (Wildman–Crippen LogP) is 2.65. The summed E-state index contributed by atoms with van der Waals surface area (Å²) in [6.07, 6.45) is 0.650. The highest BCUT2D eigenvalue weighted by Crippen LogP contribution is 2.34. The normalized spacial score (nSPS) is 10.4. The van der Waals surface area contributed by atoms with E-state index in [4.69, 9.17) is 13.9 Å². The van der Waals surface area contributed by atoms with Crippen molar-refractivity contribution in [3.63, 3.8) is 0 Å². The lowest BCUT2D eigenvalue weighted by molar-refractivity contribution is 0.109. The molecule has 0 fully saturated rings. The van der Waals surface area contributed by atoms with E-state index < -0.39 is 0 Å². The van der Waals surface area contributed by atoms with E-state index in [9.17, 15) is 4.79 Å². The summed E-state index contributed by atoms with van der Waals surface area (Å²) in [6, 6.07) is 5.32. The first-order valence-electron chi connectivity index (χ1n) is 4.98. The second-order valence-corrected chi connectivity index (χ2v) is 3.21. The van der Waals surface area contributed by atoms with Crippen molar-refractivity contribution in [1.29, 1.82) is 0 Å². The van der Waals surface area contributed by atoms with E-state index in [1.54, 1.807) is 25.3 Å². The predicted molar refractivity (Wildman–Crippen MR) is 59.3 cm³/mol. The molecular weight excluding hydrogens is 208 g/mol. The molecule has 0 aliphatic heterocycles. The lowest BCUT2D eigenvalue weighted by Crippen LogP contribution is -1.93. The summed E-state index contributed by atoms with van der Waals surface area (Å²) in [4.78, 5) is 10.8. The minimum absolute atomic E-state index is 0.213. The lowest BCUT2D eigenvalue weighted by Gasteiger charge is -2.01. The Bertz CT molecular complexity index is 513. The number of hydrogen-bond acceptors (Lipinski definition) is 4. The van der Waals surface area contributed by atoms with Gasteiger partial charge in [0.05, 0.1) is 19.1 Å². The minimum atomic E-state index is 0.213. The molecule has 0 unspecified atom stereocenters. The summed E-state index contributed by atoms with van der Waals surface area (Å²) in [7, 11) is 1.59. The molecule has 0 saturated heterocycles. The zero-order chi connectivity index (χ0) is 11.5. The van der Waals surface area contributed by atoms with Gasteiger partial charge in [-0.25, -0.2) is 0 Å². The van der Waals surface area contributed by atoms with Crippen LogP contribution in [0, 0.1) is 0 Å². The van der Waals surface area contributed by atoms with Crippen LogP contribution in [0.4, 0.5) is 0 Å². The third-order valence-electron chi connectivity index (χ3n) is 2.27. The maximum atomic E-state index is 10.8. The molecule has 0 N–H and O–H groups in total. The maximum absolute atomic E-state index is 10.8. The molecular formula is C12H12O4. The summed E-state index contributed by atoms with van der Waals surface area (Å²) >= 11 is 0. The van der Waals surface area contributed by atoms with Crippen LogP contribution in [0.5, 0.6) is 11.5 Å². The number of hydrogen-bond donors (Lipinski definition) is 0. The van der Waals surface area contributed by atoms with Gasteiger partial charge in [-0.3, -0.25) is 4.79 Å². The molecule has 0 spiro atoms. The molecule has 2 aromatic rings. The van der Waals surface area contributed by atoms with Gasteiger partial charge in [0, 0.05) is 0 Å². The summed E-state index contributed by atoms with van der Waals surface area (Å²) in [5.74, 6) is 1.39. The van der Waals surface area contributed by atoms with E-state index in [0.29, 0.717) is 30.0 Å². The van der Waals surface area contributed by atoms with Gasteiger partial charge >= 0.3 is 0 Å². The fraction of sp³-hybridized carbons (Fsp3) is 0.250. The number of furan rings is 1. The third-order valence-corrected chi connectivity index (χ3v) is 2.27. The first-order chi connectivity index (χ1) is 7.80. The number of rotatable bonds is 4. The van der Waals surface area contributed by atoms with Gasteiger partial charge in [-0.2, -0.15) is 0 Å². The third kappa shape index (κ3) is 1.62. The fourth-order valence-electron chi connectivity index (χ4n) is 1.57. The number of ether oxygens (including phenoxy) is 2. The van der Waals surface area contributed by atoms with Crippen LogP contribution < -0.4 is 9.47 Å². The monoisotopic (exact) mass is 220 g/mol. The zero-order valence-electron chi connectivity index (χ0n) is 9.15. The molecule has 2 rings (SSSR count). The van der Waals surface area contributed by atoms with Gasteiger partial charge in [0.2, 0.25) is 5.76 Å². The second-order valence-electron chi connectivity index (χ2n) is 3.21. The number of fused-ring (bicyclic) bond motifs is 1. The van der Waals surface area contributed by atoms with Gasteiger partial charge in [-0.1, -0.05) is 0 Å². The topological polar surface area (TPSA) is 48.7 Å². The van der Waals surface area contributed by atoms with Crippen LogP contribution in [-0.4, -0.2) is 20.0 Å². The van der Waals surface area contributed by atoms with Gasteiger partial charge in [0.15, 0.2) is 12.0 Å². The molecule has 0 aliphatic carbocycles. The zero-order valence-corrected chi connectivity index (χ0v) is 9.15. The summed E-state index contributed by atoms with van der Waals surface area (Å²) in [5, 5.41) is 0.753. The second kappa shape index (κ2) is 4.26. The van der Waals surface area contributed by atoms with Crippen LogP contribution in [0.3, 0.4) is 0 Å². The smallest absolute Gasteiger partial charge is 0.209 e. The Morgan fingerprint density at radius 1 is 1.44 bits per heavy atom. The van der Waals surface area contributed by atoms with Crippen LogP contribution in [0.1, 0.15) is 17.5 Å². The van der Waals surface area contributed by atoms with Gasteiger partial charge in [-0.15, -0.1) is 0 Å². The van der Waals surface area contributed by atoms with Crippen molar-refractivity contribution in [3.8, 4) is 11.5 Å². The highest BCUT2D eigenvalue weighted by Gasteiger charge is 2.15. The molecule has 1 heterocycles. The highest BCUT2D eigenvalue weighted by molar-refractivity contribution is 5.93. The molecule has 0 radical (unpaired) electrons. The van der Waals surface area contributed by atoms with E-state index in [1.807, 2.05) is 6.92 Å². The van der Waals surface area contributed by atoms with E-state index in [0.717, 1.165) is 5.39 Å². The standard InChI is InChI=1S/C12H12O4/c1-3-15-12-9-6-8(14-2)4-5-10(9)16-11(12)7-13/h4-7H,3H2,1-2H3. The quantitative estimate of drug-likeness (QED) is 0.743. The number of carbonyl (C=O) groups excluding carboxylic acids is 1. The molecule has 0 bridgehead atoms. The lowest BCUT2D eigenvalue weighted by atomic mass is 10.2. The van der Waals surface area contributed by atoms with Crippen LogP contribution >= 0.6 is 0 Å². The Kier molecular flexibility index (Phi) is 2.81. The summed E-state index contributed by atoms with van der Waals surface area (Å²) < 4.78 is 15.9.